The zero-order chi connectivity index (χ0) is 29.9. The average molecular weight is 571 g/mol. The normalized spacial score (nSPS) is 30.3. The van der Waals surface area contributed by atoms with E-state index < -0.39 is 45.8 Å². The number of carbonyl (C=O) groups is 4. The Bertz CT molecular complexity index is 1590. The number of aliphatic hydroxyl groups excluding tert-OH is 1. The summed E-state index contributed by atoms with van der Waals surface area (Å²) in [4.78, 5) is 66.9. The van der Waals surface area contributed by atoms with Crippen LogP contribution in [0.25, 0.3) is 0 Å². The first-order chi connectivity index (χ1) is 20.1. The highest BCUT2D eigenvalue weighted by Gasteiger charge is 2.63. The highest BCUT2D eigenvalue weighted by Crippen LogP contribution is 2.63. The second kappa shape index (κ2) is 10.1. The van der Waals surface area contributed by atoms with Gasteiger partial charge in [-0.25, -0.2) is 0 Å². The molecule has 10 heteroatoms. The molecule has 1 saturated carbocycles. The number of hydrogen-bond acceptors (Lipinski definition) is 8. The molecule has 1 aliphatic heterocycles. The number of aliphatic hydroxyl groups is 1. The fourth-order valence-electron chi connectivity index (χ4n) is 7.72. The largest absolute Gasteiger partial charge is 0.491 e. The van der Waals surface area contributed by atoms with Gasteiger partial charge in [-0.05, 0) is 55.5 Å². The van der Waals surface area contributed by atoms with E-state index >= 15 is 0 Å². The fourth-order valence-corrected chi connectivity index (χ4v) is 7.72. The van der Waals surface area contributed by atoms with Gasteiger partial charge in [0, 0.05) is 29.5 Å². The molecule has 6 rings (SSSR count). The molecule has 1 saturated heterocycles. The Balaban J connectivity index is 1.47. The molecular formula is C32H30N2O8. The van der Waals surface area contributed by atoms with E-state index in [4.69, 9.17) is 4.74 Å². The first-order valence-corrected chi connectivity index (χ1v) is 14.0. The number of nitro benzene ring substituents is 1. The van der Waals surface area contributed by atoms with E-state index in [-0.39, 0.29) is 54.9 Å². The maximum Gasteiger partial charge on any atom is 0.269 e. The number of Topliss-reactive ketones (excluding diaryl/α,β-unsaturated/α-hetero) is 1. The van der Waals surface area contributed by atoms with Gasteiger partial charge in [0.2, 0.25) is 11.8 Å². The monoisotopic (exact) mass is 570 g/mol. The first-order valence-electron chi connectivity index (χ1n) is 14.0. The van der Waals surface area contributed by atoms with E-state index in [1.165, 1.54) is 30.3 Å². The van der Waals surface area contributed by atoms with Crippen molar-refractivity contribution in [3.05, 3.63) is 87.5 Å². The number of amides is 2. The van der Waals surface area contributed by atoms with Gasteiger partial charge in [-0.1, -0.05) is 36.8 Å². The summed E-state index contributed by atoms with van der Waals surface area (Å²) in [5, 5.41) is 20.6. The van der Waals surface area contributed by atoms with Crippen molar-refractivity contribution in [1.82, 2.24) is 0 Å². The third-order valence-electron chi connectivity index (χ3n) is 9.54. The number of rotatable bonds is 6. The van der Waals surface area contributed by atoms with E-state index in [1.807, 2.05) is 25.1 Å². The number of nitrogens with zero attached hydrogens (tertiary/aromatic N) is 2. The second-order valence-electron chi connectivity index (χ2n) is 11.6. The molecule has 1 heterocycles. The lowest BCUT2D eigenvalue weighted by atomic mass is 9.47. The van der Waals surface area contributed by atoms with Crippen LogP contribution in [0.1, 0.15) is 38.2 Å². The Hall–Kier alpha value is -4.44. The Morgan fingerprint density at radius 1 is 1.05 bits per heavy atom. The lowest BCUT2D eigenvalue weighted by Gasteiger charge is -2.53. The standard InChI is InChI=1S/C32H30N2O8/c1-17-15-25(36)24-16-23-20(28(32(24,2)29(17)37)21-5-3-4-6-26(21)42-14-13-35)11-12-22-27(23)31(39)33(30(22)38)18-7-9-19(10-8-18)34(40)41/h3-11,15,22-24,27-28,35H,12-14,16H2,1-2H3/t22-,23+,24-,27-,28+,32+/m0/s1. The summed E-state index contributed by atoms with van der Waals surface area (Å²) in [6.45, 7) is 3.30. The molecule has 3 aliphatic carbocycles. The Morgan fingerprint density at radius 2 is 1.76 bits per heavy atom. The maximum absolute atomic E-state index is 14.0. The van der Waals surface area contributed by atoms with Gasteiger partial charge in [0.25, 0.3) is 5.69 Å². The van der Waals surface area contributed by atoms with Crippen molar-refractivity contribution in [2.45, 2.75) is 32.6 Å². The van der Waals surface area contributed by atoms with Crippen molar-refractivity contribution in [1.29, 1.82) is 0 Å². The van der Waals surface area contributed by atoms with E-state index in [2.05, 4.69) is 0 Å². The summed E-state index contributed by atoms with van der Waals surface area (Å²) >= 11 is 0. The summed E-state index contributed by atoms with van der Waals surface area (Å²) in [5.74, 6) is -3.85. The number of nitro groups is 1. The molecule has 0 aromatic heterocycles. The number of ketones is 2. The lowest BCUT2D eigenvalue weighted by Crippen LogP contribution is -2.54. The van der Waals surface area contributed by atoms with Crippen LogP contribution in [0.2, 0.25) is 0 Å². The lowest BCUT2D eigenvalue weighted by molar-refractivity contribution is -0.384. The molecule has 1 N–H and O–H groups in total. The van der Waals surface area contributed by atoms with Gasteiger partial charge in [0.15, 0.2) is 11.6 Å². The van der Waals surface area contributed by atoms with Crippen LogP contribution in [0.4, 0.5) is 11.4 Å². The highest BCUT2D eigenvalue weighted by atomic mass is 16.6. The zero-order valence-electron chi connectivity index (χ0n) is 23.2. The Kier molecular flexibility index (Phi) is 6.68. The minimum absolute atomic E-state index is 0.0417. The zero-order valence-corrected chi connectivity index (χ0v) is 23.2. The number of para-hydroxylation sites is 1. The van der Waals surface area contributed by atoms with Gasteiger partial charge in [-0.15, -0.1) is 0 Å². The summed E-state index contributed by atoms with van der Waals surface area (Å²) < 4.78 is 5.89. The van der Waals surface area contributed by atoms with Crippen molar-refractivity contribution in [3.8, 4) is 5.75 Å². The van der Waals surface area contributed by atoms with Gasteiger partial charge < -0.3 is 9.84 Å². The smallest absolute Gasteiger partial charge is 0.269 e. The van der Waals surface area contributed by atoms with Gasteiger partial charge in [0.1, 0.15) is 12.4 Å². The Labute approximate surface area is 241 Å². The van der Waals surface area contributed by atoms with Crippen LogP contribution in [-0.4, -0.2) is 46.6 Å². The first kappa shape index (κ1) is 27.7. The van der Waals surface area contributed by atoms with Gasteiger partial charge in [0.05, 0.1) is 34.5 Å². The molecule has 2 fully saturated rings. The van der Waals surface area contributed by atoms with E-state index in [1.54, 1.807) is 19.1 Å². The quantitative estimate of drug-likeness (QED) is 0.238. The molecule has 0 spiro atoms. The number of hydrogen-bond donors (Lipinski definition) is 1. The number of allylic oxidation sites excluding steroid dienone is 4. The van der Waals surface area contributed by atoms with E-state index in [0.29, 0.717) is 16.9 Å². The fraction of sp³-hybridized carbons (Fsp3) is 0.375. The predicted octanol–water partition coefficient (Wildman–Crippen LogP) is 3.93. The van der Waals surface area contributed by atoms with E-state index in [9.17, 15) is 34.4 Å². The number of non-ortho nitro benzene ring substituents is 1. The summed E-state index contributed by atoms with van der Waals surface area (Å²) in [5.41, 5.74) is 0.855. The predicted molar refractivity (Wildman–Crippen MR) is 151 cm³/mol. The van der Waals surface area contributed by atoms with Crippen LogP contribution < -0.4 is 9.64 Å². The maximum atomic E-state index is 14.0. The number of fused-ring (bicyclic) bond motifs is 4. The summed E-state index contributed by atoms with van der Waals surface area (Å²) in [6.07, 6.45) is 3.86. The van der Waals surface area contributed by atoms with Gasteiger partial charge >= 0.3 is 0 Å². The van der Waals surface area contributed by atoms with Crippen molar-refractivity contribution >= 4 is 34.8 Å². The minimum atomic E-state index is -1.15. The SMILES string of the molecule is CC1=CC(=O)[C@@H]2C[C@@H]3C(=CC[C@@H]4C(=O)N(c5ccc([N+](=O)[O-])cc5)C(=O)[C@@H]43)[C@H](c3ccccc3OCCO)[C@]2(C)C1=O. The summed E-state index contributed by atoms with van der Waals surface area (Å²) in [7, 11) is 0. The van der Waals surface area contributed by atoms with Crippen molar-refractivity contribution < 1.29 is 33.9 Å². The number of imide groups is 1. The molecule has 216 valence electrons. The molecule has 2 amide bonds. The third kappa shape index (κ3) is 3.96. The van der Waals surface area contributed by atoms with Gasteiger partial charge in [-0.2, -0.15) is 0 Å². The van der Waals surface area contributed by atoms with E-state index in [0.717, 1.165) is 10.5 Å². The van der Waals surface area contributed by atoms with Crippen LogP contribution in [0.3, 0.4) is 0 Å². The minimum Gasteiger partial charge on any atom is -0.491 e. The molecule has 10 nitrogen and oxygen atoms in total. The molecule has 2 aromatic carbocycles. The van der Waals surface area contributed by atoms with Crippen LogP contribution in [0, 0.1) is 39.2 Å². The number of benzene rings is 2. The molecule has 4 aliphatic rings. The topological polar surface area (TPSA) is 144 Å². The molecule has 0 radical (unpaired) electrons. The Morgan fingerprint density at radius 3 is 2.45 bits per heavy atom. The number of ether oxygens (including phenoxy) is 1. The number of anilines is 1. The van der Waals surface area contributed by atoms with Crippen LogP contribution in [0.5, 0.6) is 5.75 Å². The van der Waals surface area contributed by atoms with Crippen molar-refractivity contribution in [2.24, 2.45) is 29.1 Å². The average Bonchev–Trinajstić information content (AvgIpc) is 3.24. The second-order valence-corrected chi connectivity index (χ2v) is 11.6. The molecule has 42 heavy (non-hydrogen) atoms. The van der Waals surface area contributed by atoms with Crippen molar-refractivity contribution in [2.75, 3.05) is 18.1 Å². The summed E-state index contributed by atoms with van der Waals surface area (Å²) in [6, 6.07) is 12.5. The van der Waals surface area contributed by atoms with Crippen LogP contribution >= 0.6 is 0 Å². The van der Waals surface area contributed by atoms with Crippen LogP contribution in [-0.2, 0) is 19.2 Å². The number of carbonyl (C=O) groups excluding carboxylic acids is 4. The van der Waals surface area contributed by atoms with Crippen molar-refractivity contribution in [3.63, 3.8) is 0 Å². The van der Waals surface area contributed by atoms with Gasteiger partial charge in [-0.3, -0.25) is 34.2 Å². The van der Waals surface area contributed by atoms with Crippen LogP contribution in [0.15, 0.2) is 71.8 Å². The molecule has 2 aromatic rings. The molecule has 0 bridgehead atoms. The molecular weight excluding hydrogens is 540 g/mol. The molecule has 0 unspecified atom stereocenters. The molecule has 6 atom stereocenters. The highest BCUT2D eigenvalue weighted by molar-refractivity contribution is 6.22. The third-order valence-corrected chi connectivity index (χ3v) is 9.54.